The van der Waals surface area contributed by atoms with Crippen LogP contribution in [0.15, 0.2) is 41.4 Å². The zero-order valence-electron chi connectivity index (χ0n) is 13.2. The van der Waals surface area contributed by atoms with Crippen LogP contribution in [-0.4, -0.2) is 31.6 Å². The summed E-state index contributed by atoms with van der Waals surface area (Å²) in [7, 11) is 1.52. The molecule has 1 atom stereocenters. The molecule has 0 unspecified atom stereocenters. The fraction of sp³-hybridized carbons (Fsp3) is 0.278. The molecule has 0 saturated carbocycles. The van der Waals surface area contributed by atoms with Crippen LogP contribution in [0.25, 0.3) is 0 Å². The highest BCUT2D eigenvalue weighted by atomic mass is 16.6. The summed E-state index contributed by atoms with van der Waals surface area (Å²) in [6, 6.07) is 11.1. The van der Waals surface area contributed by atoms with Gasteiger partial charge in [0.25, 0.3) is 0 Å². The van der Waals surface area contributed by atoms with E-state index in [2.05, 4.69) is 4.99 Å². The van der Waals surface area contributed by atoms with Gasteiger partial charge in [-0.2, -0.15) is 0 Å². The Morgan fingerprint density at radius 3 is 2.74 bits per heavy atom. The number of nitrogens with zero attached hydrogens (tertiary/aromatic N) is 1. The van der Waals surface area contributed by atoms with Gasteiger partial charge < -0.3 is 19.3 Å². The largest absolute Gasteiger partial charge is 0.504 e. The molecule has 0 bridgehead atoms. The zero-order valence-corrected chi connectivity index (χ0v) is 13.2. The number of ether oxygens (including phenoxy) is 3. The van der Waals surface area contributed by atoms with Gasteiger partial charge in [-0.25, -0.2) is 0 Å². The quantitative estimate of drug-likeness (QED) is 0.879. The van der Waals surface area contributed by atoms with Gasteiger partial charge in [0.15, 0.2) is 23.0 Å². The van der Waals surface area contributed by atoms with Gasteiger partial charge in [0, 0.05) is 11.8 Å². The van der Waals surface area contributed by atoms with Crippen LogP contribution in [-0.2, 0) is 0 Å². The third-order valence-electron chi connectivity index (χ3n) is 3.74. The number of aromatic hydroxyl groups is 1. The molecular weight excluding hydrogens is 294 g/mol. The first-order chi connectivity index (χ1) is 11.2. The van der Waals surface area contributed by atoms with Gasteiger partial charge >= 0.3 is 0 Å². The number of methoxy groups -OCH3 is 1. The summed E-state index contributed by atoms with van der Waals surface area (Å²) in [6.45, 7) is 3.13. The van der Waals surface area contributed by atoms with E-state index in [1.807, 2.05) is 31.2 Å². The van der Waals surface area contributed by atoms with Crippen molar-refractivity contribution in [2.75, 3.05) is 20.3 Å². The SMILES string of the molecule is COc1cccc(C=N[C@@H](C)c2ccc3c(c2)OCCO3)c1O. The fourth-order valence-electron chi connectivity index (χ4n) is 2.41. The molecule has 0 spiro atoms. The van der Waals surface area contributed by atoms with Crippen LogP contribution in [0, 0.1) is 0 Å². The van der Waals surface area contributed by atoms with Gasteiger partial charge in [0.2, 0.25) is 0 Å². The maximum atomic E-state index is 10.1. The molecule has 1 heterocycles. The highest BCUT2D eigenvalue weighted by molar-refractivity contribution is 5.85. The number of para-hydroxylation sites is 1. The summed E-state index contributed by atoms with van der Waals surface area (Å²) in [6.07, 6.45) is 1.65. The molecule has 0 radical (unpaired) electrons. The molecule has 5 heteroatoms. The minimum absolute atomic E-state index is 0.0728. The minimum Gasteiger partial charge on any atom is -0.504 e. The van der Waals surface area contributed by atoms with Crippen LogP contribution in [0.4, 0.5) is 0 Å². The molecule has 2 aromatic rings. The Hall–Kier alpha value is -2.69. The molecule has 0 saturated heterocycles. The summed E-state index contributed by atoms with van der Waals surface area (Å²) >= 11 is 0. The molecule has 1 aliphatic heterocycles. The lowest BCUT2D eigenvalue weighted by Crippen LogP contribution is -2.15. The number of rotatable bonds is 4. The third kappa shape index (κ3) is 3.23. The van der Waals surface area contributed by atoms with Crippen molar-refractivity contribution in [1.82, 2.24) is 0 Å². The van der Waals surface area contributed by atoms with E-state index < -0.39 is 0 Å². The van der Waals surface area contributed by atoms with Crippen molar-refractivity contribution in [3.05, 3.63) is 47.5 Å². The molecule has 2 aromatic carbocycles. The fourth-order valence-corrected chi connectivity index (χ4v) is 2.41. The first kappa shape index (κ1) is 15.2. The van der Waals surface area contributed by atoms with E-state index >= 15 is 0 Å². The van der Waals surface area contributed by atoms with E-state index in [0.29, 0.717) is 24.5 Å². The number of benzene rings is 2. The highest BCUT2D eigenvalue weighted by Gasteiger charge is 2.14. The van der Waals surface area contributed by atoms with Gasteiger partial charge in [-0.3, -0.25) is 4.99 Å². The van der Waals surface area contributed by atoms with Crippen LogP contribution in [0.1, 0.15) is 24.1 Å². The smallest absolute Gasteiger partial charge is 0.166 e. The molecule has 1 aliphatic rings. The molecule has 0 fully saturated rings. The Morgan fingerprint density at radius 1 is 1.17 bits per heavy atom. The Balaban J connectivity index is 1.80. The van der Waals surface area contributed by atoms with Crippen molar-refractivity contribution in [3.63, 3.8) is 0 Å². The van der Waals surface area contributed by atoms with Crippen molar-refractivity contribution in [3.8, 4) is 23.0 Å². The van der Waals surface area contributed by atoms with E-state index in [-0.39, 0.29) is 11.8 Å². The Labute approximate surface area is 135 Å². The van der Waals surface area contributed by atoms with Crippen molar-refractivity contribution in [2.24, 2.45) is 4.99 Å². The number of hydrogen-bond donors (Lipinski definition) is 1. The van der Waals surface area contributed by atoms with Crippen LogP contribution in [0.2, 0.25) is 0 Å². The predicted molar refractivity (Wildman–Crippen MR) is 88.1 cm³/mol. The van der Waals surface area contributed by atoms with Crippen LogP contribution in [0.3, 0.4) is 0 Å². The normalized spacial score (nSPS) is 14.7. The van der Waals surface area contributed by atoms with E-state index in [1.54, 1.807) is 18.3 Å². The molecule has 23 heavy (non-hydrogen) atoms. The van der Waals surface area contributed by atoms with Gasteiger partial charge in [-0.1, -0.05) is 12.1 Å². The van der Waals surface area contributed by atoms with E-state index in [4.69, 9.17) is 14.2 Å². The van der Waals surface area contributed by atoms with Crippen LogP contribution < -0.4 is 14.2 Å². The summed E-state index contributed by atoms with van der Waals surface area (Å²) in [5.41, 5.74) is 1.64. The van der Waals surface area contributed by atoms with Gasteiger partial charge in [-0.15, -0.1) is 0 Å². The lowest BCUT2D eigenvalue weighted by atomic mass is 10.1. The maximum absolute atomic E-state index is 10.1. The standard InChI is InChI=1S/C18H19NO4/c1-12(13-6-7-15-17(10-13)23-9-8-22-15)19-11-14-4-3-5-16(21-2)18(14)20/h3-7,10-12,20H,8-9H2,1-2H3/t12-/m0/s1. The van der Waals surface area contributed by atoms with Gasteiger partial charge in [0.1, 0.15) is 13.2 Å². The lowest BCUT2D eigenvalue weighted by Gasteiger charge is -2.19. The van der Waals surface area contributed by atoms with Crippen molar-refractivity contribution in [1.29, 1.82) is 0 Å². The molecule has 0 amide bonds. The maximum Gasteiger partial charge on any atom is 0.166 e. The number of hydrogen-bond acceptors (Lipinski definition) is 5. The molecule has 0 aliphatic carbocycles. The Morgan fingerprint density at radius 2 is 1.96 bits per heavy atom. The van der Waals surface area contributed by atoms with Crippen molar-refractivity contribution in [2.45, 2.75) is 13.0 Å². The monoisotopic (exact) mass is 313 g/mol. The average molecular weight is 313 g/mol. The molecule has 120 valence electrons. The van der Waals surface area contributed by atoms with E-state index in [0.717, 1.165) is 17.1 Å². The number of fused-ring (bicyclic) bond motifs is 1. The van der Waals surface area contributed by atoms with E-state index in [9.17, 15) is 5.11 Å². The first-order valence-electron chi connectivity index (χ1n) is 7.47. The van der Waals surface area contributed by atoms with Crippen molar-refractivity contribution < 1.29 is 19.3 Å². The van der Waals surface area contributed by atoms with Crippen LogP contribution >= 0.6 is 0 Å². The second-order valence-corrected chi connectivity index (χ2v) is 5.26. The summed E-state index contributed by atoms with van der Waals surface area (Å²) in [5.74, 6) is 2.04. The molecular formula is C18H19NO4. The predicted octanol–water partition coefficient (Wildman–Crippen LogP) is 3.35. The number of phenols is 1. The second-order valence-electron chi connectivity index (χ2n) is 5.26. The minimum atomic E-state index is -0.0728. The molecule has 0 aromatic heterocycles. The second kappa shape index (κ2) is 6.60. The van der Waals surface area contributed by atoms with Crippen molar-refractivity contribution >= 4 is 6.21 Å². The topological polar surface area (TPSA) is 60.3 Å². The van der Waals surface area contributed by atoms with Gasteiger partial charge in [-0.05, 0) is 36.8 Å². The number of aliphatic imine (C=N–C) groups is 1. The molecule has 5 nitrogen and oxygen atoms in total. The third-order valence-corrected chi connectivity index (χ3v) is 3.74. The summed E-state index contributed by atoms with van der Waals surface area (Å²) in [4.78, 5) is 4.51. The lowest BCUT2D eigenvalue weighted by molar-refractivity contribution is 0.171. The first-order valence-corrected chi connectivity index (χ1v) is 7.47. The van der Waals surface area contributed by atoms with Gasteiger partial charge in [0.05, 0.1) is 13.2 Å². The average Bonchev–Trinajstić information content (AvgIpc) is 2.60. The summed E-state index contributed by atoms with van der Waals surface area (Å²) in [5, 5.41) is 10.1. The highest BCUT2D eigenvalue weighted by Crippen LogP contribution is 2.33. The molecule has 3 rings (SSSR count). The van der Waals surface area contributed by atoms with E-state index in [1.165, 1.54) is 7.11 Å². The summed E-state index contributed by atoms with van der Waals surface area (Å²) < 4.78 is 16.2. The molecule has 1 N–H and O–H groups in total. The zero-order chi connectivity index (χ0) is 16.2. The van der Waals surface area contributed by atoms with Crippen LogP contribution in [0.5, 0.6) is 23.0 Å². The Bertz CT molecular complexity index is 727. The Kier molecular flexibility index (Phi) is 4.37. The number of phenolic OH excluding ortho intramolecular Hbond substituents is 1.